The third kappa shape index (κ3) is 4.86. The second kappa shape index (κ2) is 12.3. The van der Waals surface area contributed by atoms with E-state index in [1.54, 1.807) is 0 Å². The molecule has 11 rings (SSSR count). The first-order valence-corrected chi connectivity index (χ1v) is 18.9. The molecule has 0 saturated heterocycles. The molecule has 252 valence electrons. The standard InChI is InChI=1S/C49H30N4S/c1-3-13-31(14-4-1)32-25-27-35(28-26-32)48-50-47(34-16-5-2-6-17-34)51-49(52-48)53-41-30-29-33-15-7-8-18-36(33)44(41)40-22-11-21-38(46(40)53)37-20-12-24-43-45(37)39-19-9-10-23-42(39)54-43/h1-30H. The second-order valence-electron chi connectivity index (χ2n) is 13.6. The maximum atomic E-state index is 5.33. The molecule has 0 bridgehead atoms. The molecule has 3 aromatic heterocycles. The molecule has 0 unspecified atom stereocenters. The topological polar surface area (TPSA) is 43.6 Å². The minimum absolute atomic E-state index is 0.580. The molecule has 0 aliphatic rings. The van der Waals surface area contributed by atoms with Gasteiger partial charge in [-0.05, 0) is 45.7 Å². The van der Waals surface area contributed by atoms with Gasteiger partial charge in [0.1, 0.15) is 0 Å². The highest BCUT2D eigenvalue weighted by atomic mass is 32.1. The first-order valence-electron chi connectivity index (χ1n) is 18.1. The first-order chi connectivity index (χ1) is 26.8. The zero-order chi connectivity index (χ0) is 35.6. The summed E-state index contributed by atoms with van der Waals surface area (Å²) in [5, 5.41) is 7.27. The highest BCUT2D eigenvalue weighted by molar-refractivity contribution is 7.25. The Labute approximate surface area is 315 Å². The lowest BCUT2D eigenvalue weighted by atomic mass is 9.96. The molecule has 0 spiro atoms. The van der Waals surface area contributed by atoms with Crippen LogP contribution in [0.15, 0.2) is 182 Å². The molecular weight excluding hydrogens is 677 g/mol. The second-order valence-corrected chi connectivity index (χ2v) is 14.7. The van der Waals surface area contributed by atoms with Crippen molar-refractivity contribution in [3.63, 3.8) is 0 Å². The first kappa shape index (κ1) is 30.7. The molecule has 54 heavy (non-hydrogen) atoms. The molecule has 8 aromatic carbocycles. The van der Waals surface area contributed by atoms with Gasteiger partial charge in [-0.15, -0.1) is 11.3 Å². The van der Waals surface area contributed by atoms with Crippen molar-refractivity contribution < 1.29 is 0 Å². The SMILES string of the molecule is c1ccc(-c2ccc(-c3nc(-c4ccccc4)nc(-n4c5ccc6ccccc6c5c5cccc(-c6cccc7sc8ccccc8c67)c54)n3)cc2)cc1. The van der Waals surface area contributed by atoms with Crippen molar-refractivity contribution in [1.29, 1.82) is 0 Å². The van der Waals surface area contributed by atoms with Gasteiger partial charge in [0.15, 0.2) is 11.6 Å². The third-order valence-electron chi connectivity index (χ3n) is 10.5. The van der Waals surface area contributed by atoms with E-state index in [2.05, 4.69) is 162 Å². The van der Waals surface area contributed by atoms with E-state index in [0.717, 1.165) is 38.7 Å². The quantitative estimate of drug-likeness (QED) is 0.179. The molecular formula is C49H30N4S. The summed E-state index contributed by atoms with van der Waals surface area (Å²) in [5.74, 6) is 1.83. The number of benzene rings is 8. The Hall–Kier alpha value is -6.95. The van der Waals surface area contributed by atoms with Gasteiger partial charge in [0.2, 0.25) is 5.95 Å². The van der Waals surface area contributed by atoms with E-state index in [0.29, 0.717) is 17.6 Å². The Balaban J connectivity index is 1.24. The van der Waals surface area contributed by atoms with Gasteiger partial charge in [0.05, 0.1) is 11.0 Å². The predicted molar refractivity (Wildman–Crippen MR) is 226 cm³/mol. The summed E-state index contributed by atoms with van der Waals surface area (Å²) >= 11 is 1.84. The Morgan fingerprint density at radius 1 is 0.370 bits per heavy atom. The van der Waals surface area contributed by atoms with Gasteiger partial charge in [0, 0.05) is 47.6 Å². The fourth-order valence-corrected chi connectivity index (χ4v) is 9.14. The summed E-state index contributed by atoms with van der Waals surface area (Å²) in [7, 11) is 0. The number of aromatic nitrogens is 4. The van der Waals surface area contributed by atoms with E-state index in [-0.39, 0.29) is 0 Å². The molecule has 0 saturated carbocycles. The number of fused-ring (bicyclic) bond motifs is 8. The lowest BCUT2D eigenvalue weighted by Gasteiger charge is -2.14. The molecule has 5 heteroatoms. The zero-order valence-corrected chi connectivity index (χ0v) is 29.8. The van der Waals surface area contributed by atoms with Crippen molar-refractivity contribution in [3.05, 3.63) is 182 Å². The van der Waals surface area contributed by atoms with E-state index in [1.807, 2.05) is 35.6 Å². The highest BCUT2D eigenvalue weighted by Crippen LogP contribution is 2.45. The van der Waals surface area contributed by atoms with Crippen molar-refractivity contribution in [2.45, 2.75) is 0 Å². The summed E-state index contributed by atoms with van der Waals surface area (Å²) in [6.07, 6.45) is 0. The number of hydrogen-bond acceptors (Lipinski definition) is 4. The summed E-state index contributed by atoms with van der Waals surface area (Å²) in [6.45, 7) is 0. The van der Waals surface area contributed by atoms with Crippen molar-refractivity contribution in [3.8, 4) is 51.0 Å². The minimum atomic E-state index is 0.580. The molecule has 0 aliphatic heterocycles. The molecule has 0 aliphatic carbocycles. The van der Waals surface area contributed by atoms with E-state index in [9.17, 15) is 0 Å². The van der Waals surface area contributed by atoms with Crippen LogP contribution in [0.3, 0.4) is 0 Å². The maximum absolute atomic E-state index is 5.33. The van der Waals surface area contributed by atoms with Crippen molar-refractivity contribution in [1.82, 2.24) is 19.5 Å². The van der Waals surface area contributed by atoms with Crippen LogP contribution in [-0.4, -0.2) is 19.5 Å². The van der Waals surface area contributed by atoms with Crippen LogP contribution in [-0.2, 0) is 0 Å². The third-order valence-corrected chi connectivity index (χ3v) is 11.6. The monoisotopic (exact) mass is 706 g/mol. The van der Waals surface area contributed by atoms with Crippen LogP contribution in [0.25, 0.3) is 104 Å². The molecule has 0 amide bonds. The van der Waals surface area contributed by atoms with E-state index in [1.165, 1.54) is 47.5 Å². The largest absolute Gasteiger partial charge is 0.277 e. The Morgan fingerprint density at radius 3 is 1.74 bits per heavy atom. The number of rotatable bonds is 5. The number of thiophene rings is 1. The van der Waals surface area contributed by atoms with Gasteiger partial charge in [0.25, 0.3) is 0 Å². The van der Waals surface area contributed by atoms with Crippen LogP contribution >= 0.6 is 11.3 Å². The van der Waals surface area contributed by atoms with E-state index < -0.39 is 0 Å². The fourth-order valence-electron chi connectivity index (χ4n) is 8.01. The summed E-state index contributed by atoms with van der Waals surface area (Å²) in [4.78, 5) is 15.7. The minimum Gasteiger partial charge on any atom is -0.277 e. The predicted octanol–water partition coefficient (Wildman–Crippen LogP) is 13.2. The Kier molecular flexibility index (Phi) is 7.00. The maximum Gasteiger partial charge on any atom is 0.238 e. The Bertz CT molecular complexity index is 3200. The van der Waals surface area contributed by atoms with E-state index >= 15 is 0 Å². The Morgan fingerprint density at radius 2 is 0.944 bits per heavy atom. The van der Waals surface area contributed by atoms with Crippen LogP contribution in [0, 0.1) is 0 Å². The number of para-hydroxylation sites is 1. The van der Waals surface area contributed by atoms with Gasteiger partial charge in [-0.1, -0.05) is 164 Å². The van der Waals surface area contributed by atoms with Crippen LogP contribution in [0.1, 0.15) is 0 Å². The fraction of sp³-hybridized carbons (Fsp3) is 0. The van der Waals surface area contributed by atoms with Crippen molar-refractivity contribution in [2.24, 2.45) is 0 Å². The summed E-state index contributed by atoms with van der Waals surface area (Å²) in [6, 6.07) is 64.4. The lowest BCUT2D eigenvalue weighted by Crippen LogP contribution is -2.07. The van der Waals surface area contributed by atoms with Crippen LogP contribution in [0.4, 0.5) is 0 Å². The van der Waals surface area contributed by atoms with Gasteiger partial charge in [-0.2, -0.15) is 9.97 Å². The van der Waals surface area contributed by atoms with Gasteiger partial charge >= 0.3 is 0 Å². The average Bonchev–Trinajstić information content (AvgIpc) is 3.81. The highest BCUT2D eigenvalue weighted by Gasteiger charge is 2.23. The molecule has 3 heterocycles. The van der Waals surface area contributed by atoms with Crippen LogP contribution in [0.2, 0.25) is 0 Å². The van der Waals surface area contributed by atoms with Crippen molar-refractivity contribution in [2.75, 3.05) is 0 Å². The molecule has 4 nitrogen and oxygen atoms in total. The molecule has 0 fully saturated rings. The average molecular weight is 707 g/mol. The van der Waals surface area contributed by atoms with E-state index in [4.69, 9.17) is 15.0 Å². The van der Waals surface area contributed by atoms with Gasteiger partial charge in [-0.3, -0.25) is 4.57 Å². The smallest absolute Gasteiger partial charge is 0.238 e. The molecule has 0 radical (unpaired) electrons. The number of nitrogens with zero attached hydrogens (tertiary/aromatic N) is 4. The summed E-state index contributed by atoms with van der Waals surface area (Å²) in [5.41, 5.74) is 8.63. The molecule has 0 atom stereocenters. The number of hydrogen-bond donors (Lipinski definition) is 0. The van der Waals surface area contributed by atoms with Crippen LogP contribution < -0.4 is 0 Å². The molecule has 0 N–H and O–H groups in total. The lowest BCUT2D eigenvalue weighted by molar-refractivity contribution is 0.954. The normalized spacial score (nSPS) is 11.7. The van der Waals surface area contributed by atoms with Gasteiger partial charge < -0.3 is 0 Å². The summed E-state index contributed by atoms with van der Waals surface area (Å²) < 4.78 is 4.83. The zero-order valence-electron chi connectivity index (χ0n) is 29.0. The van der Waals surface area contributed by atoms with Gasteiger partial charge in [-0.25, -0.2) is 4.98 Å². The van der Waals surface area contributed by atoms with Crippen molar-refractivity contribution >= 4 is 64.1 Å². The van der Waals surface area contributed by atoms with Crippen LogP contribution in [0.5, 0.6) is 0 Å². The molecule has 11 aromatic rings.